The molecular formula is C18H14Gd. The number of hydrogen-bond acceptors (Lipinski definition) is 0. The number of hydrogen-bond donors (Lipinski definition) is 0. The van der Waals surface area contributed by atoms with Gasteiger partial charge in [0.25, 0.3) is 0 Å². The average Bonchev–Trinajstić information content (AvgIpc) is 3.05. The van der Waals surface area contributed by atoms with Gasteiger partial charge in [-0.3, -0.25) is 0 Å². The van der Waals surface area contributed by atoms with E-state index in [1.165, 1.54) is 11.1 Å². The van der Waals surface area contributed by atoms with Gasteiger partial charge in [0, 0.05) is 0 Å². The van der Waals surface area contributed by atoms with Crippen LogP contribution in [0.3, 0.4) is 0 Å². The molecule has 2 aliphatic rings. The van der Waals surface area contributed by atoms with Crippen LogP contribution in [-0.4, -0.2) is 0 Å². The van der Waals surface area contributed by atoms with Gasteiger partial charge in [0.1, 0.15) is 0 Å². The van der Waals surface area contributed by atoms with Gasteiger partial charge in [0.15, 0.2) is 0 Å². The Labute approximate surface area is 133 Å². The second kappa shape index (κ2) is 4.97. The van der Waals surface area contributed by atoms with Crippen LogP contribution in [0.4, 0.5) is 0 Å². The summed E-state index contributed by atoms with van der Waals surface area (Å²) in [6.07, 6.45) is 9.45. The fourth-order valence-electron chi connectivity index (χ4n) is 2.74. The molecule has 0 fully saturated rings. The topological polar surface area (TPSA) is 0 Å². The molecular weight excluding hydrogens is 373 g/mol. The first-order valence-electron chi connectivity index (χ1n) is 6.55. The summed E-state index contributed by atoms with van der Waals surface area (Å²) in [6, 6.07) is 17.7. The van der Waals surface area contributed by atoms with Crippen molar-refractivity contribution in [2.45, 2.75) is 3.40 Å². The van der Waals surface area contributed by atoms with E-state index in [0.717, 1.165) is 0 Å². The Bertz CT molecular complexity index is 622. The molecule has 2 atom stereocenters. The third-order valence-electron chi connectivity index (χ3n) is 3.71. The zero-order valence-corrected chi connectivity index (χ0v) is 12.7. The summed E-state index contributed by atoms with van der Waals surface area (Å²) in [5.41, 5.74) is 5.95. The van der Waals surface area contributed by atoms with Gasteiger partial charge in [0.05, 0.1) is 0 Å². The summed E-state index contributed by atoms with van der Waals surface area (Å²) < 4.78 is 1.41. The van der Waals surface area contributed by atoms with Gasteiger partial charge in [-0.15, -0.1) is 0 Å². The maximum absolute atomic E-state index is 2.42. The average molecular weight is 388 g/mol. The molecule has 0 nitrogen and oxygen atoms in total. The molecule has 0 aromatic heterocycles. The molecule has 0 saturated carbocycles. The first kappa shape index (κ1) is 12.0. The summed E-state index contributed by atoms with van der Waals surface area (Å²) in [5, 5.41) is 0. The van der Waals surface area contributed by atoms with Crippen molar-refractivity contribution in [1.29, 1.82) is 0 Å². The minimum atomic E-state index is -0.227. The molecule has 0 N–H and O–H groups in total. The second-order valence-corrected chi connectivity index (χ2v) is 8.45. The Morgan fingerprint density at radius 3 is 1.63 bits per heavy atom. The molecule has 2 aromatic rings. The van der Waals surface area contributed by atoms with Crippen LogP contribution in [0, 0.1) is 35.9 Å². The van der Waals surface area contributed by atoms with E-state index in [2.05, 4.69) is 72.8 Å². The zero-order chi connectivity index (χ0) is 12.7. The Hall–Kier alpha value is -0.755. The molecule has 2 aromatic carbocycles. The van der Waals surface area contributed by atoms with Crippen molar-refractivity contribution in [3.8, 4) is 0 Å². The van der Waals surface area contributed by atoms with E-state index >= 15 is 0 Å². The molecule has 0 amide bonds. The quantitative estimate of drug-likeness (QED) is 0.706. The number of fused-ring (bicyclic) bond motifs is 2. The van der Waals surface area contributed by atoms with Crippen LogP contribution in [-0.2, 0) is 0 Å². The van der Waals surface area contributed by atoms with Gasteiger partial charge in [-0.25, -0.2) is 0 Å². The fourth-order valence-corrected chi connectivity index (χ4v) is 6.56. The van der Waals surface area contributed by atoms with Crippen molar-refractivity contribution in [3.05, 3.63) is 82.9 Å². The molecule has 0 aliphatic heterocycles. The molecule has 0 saturated heterocycles. The fraction of sp³-hybridized carbons (Fsp3) is 0.111. The third kappa shape index (κ3) is 2.14. The first-order valence-corrected chi connectivity index (χ1v) is 9.17. The minimum absolute atomic E-state index is 0.227. The van der Waals surface area contributed by atoms with Gasteiger partial charge in [-0.05, 0) is 0 Å². The van der Waals surface area contributed by atoms with Crippen LogP contribution >= 0.6 is 0 Å². The van der Waals surface area contributed by atoms with Gasteiger partial charge in [-0.1, -0.05) is 0 Å². The molecule has 94 valence electrons. The number of allylic oxidation sites excluding steroid dienone is 2. The van der Waals surface area contributed by atoms with Crippen molar-refractivity contribution in [1.82, 2.24) is 0 Å². The monoisotopic (exact) mass is 388 g/mol. The Morgan fingerprint density at radius 1 is 0.632 bits per heavy atom. The van der Waals surface area contributed by atoms with Crippen LogP contribution in [0.25, 0.3) is 12.2 Å². The van der Waals surface area contributed by atoms with Gasteiger partial charge in [0.2, 0.25) is 0 Å². The molecule has 2 aliphatic carbocycles. The van der Waals surface area contributed by atoms with Crippen molar-refractivity contribution in [3.63, 3.8) is 0 Å². The van der Waals surface area contributed by atoms with E-state index in [0.29, 0.717) is 3.40 Å². The number of rotatable bonds is 2. The summed E-state index contributed by atoms with van der Waals surface area (Å²) in [7, 11) is 0. The SMILES string of the molecule is C1=C[CH]([Gd][CH]2C=Cc3ccccc32)c2ccccc21. The van der Waals surface area contributed by atoms with Gasteiger partial charge in [-0.2, -0.15) is 0 Å². The predicted octanol–water partition coefficient (Wildman–Crippen LogP) is 4.61. The molecule has 1 heteroatoms. The Morgan fingerprint density at radius 2 is 1.11 bits per heavy atom. The summed E-state index contributed by atoms with van der Waals surface area (Å²) in [5.74, 6) is 0. The predicted molar refractivity (Wildman–Crippen MR) is 76.4 cm³/mol. The molecule has 0 radical (unpaired) electrons. The van der Waals surface area contributed by atoms with Crippen LogP contribution in [0.5, 0.6) is 0 Å². The summed E-state index contributed by atoms with van der Waals surface area (Å²) in [6.45, 7) is 0. The molecule has 0 bridgehead atoms. The van der Waals surface area contributed by atoms with Crippen molar-refractivity contribution in [2.24, 2.45) is 0 Å². The van der Waals surface area contributed by atoms with E-state index < -0.39 is 0 Å². The standard InChI is InChI=1S/2C9H7.Gd/c2*1-2-5-9-7-3-6-8(9)4-1;/h2*1-7H;. The van der Waals surface area contributed by atoms with Gasteiger partial charge >= 0.3 is 134 Å². The zero-order valence-electron chi connectivity index (χ0n) is 10.4. The summed E-state index contributed by atoms with van der Waals surface area (Å²) >= 11 is -0.227. The molecule has 2 unspecified atom stereocenters. The summed E-state index contributed by atoms with van der Waals surface area (Å²) in [4.78, 5) is 0. The first-order chi connectivity index (χ1) is 9.42. The van der Waals surface area contributed by atoms with Crippen molar-refractivity contribution in [2.75, 3.05) is 0 Å². The van der Waals surface area contributed by atoms with Crippen LogP contribution < -0.4 is 0 Å². The Balaban J connectivity index is 1.62. The normalized spacial score (nSPS) is 22.7. The van der Waals surface area contributed by atoms with Crippen LogP contribution in [0.15, 0.2) is 60.7 Å². The van der Waals surface area contributed by atoms with Crippen LogP contribution in [0.2, 0.25) is 0 Å². The molecule has 0 spiro atoms. The van der Waals surface area contributed by atoms with E-state index in [4.69, 9.17) is 0 Å². The number of benzene rings is 2. The van der Waals surface area contributed by atoms with E-state index in [-0.39, 0.29) is 35.9 Å². The van der Waals surface area contributed by atoms with Crippen LogP contribution in [0.1, 0.15) is 25.6 Å². The van der Waals surface area contributed by atoms with E-state index in [1.54, 1.807) is 11.1 Å². The van der Waals surface area contributed by atoms with E-state index in [9.17, 15) is 0 Å². The molecule has 0 heterocycles. The van der Waals surface area contributed by atoms with Crippen molar-refractivity contribution >= 4 is 12.2 Å². The molecule has 19 heavy (non-hydrogen) atoms. The maximum atomic E-state index is 2.42. The Kier molecular flexibility index (Phi) is 3.15. The molecule has 4 rings (SSSR count). The third-order valence-corrected chi connectivity index (χ3v) is 7.62. The van der Waals surface area contributed by atoms with E-state index in [1.807, 2.05) is 0 Å². The second-order valence-electron chi connectivity index (χ2n) is 4.87. The van der Waals surface area contributed by atoms with Gasteiger partial charge < -0.3 is 0 Å². The van der Waals surface area contributed by atoms with Crippen molar-refractivity contribution < 1.29 is 35.9 Å².